The van der Waals surface area contributed by atoms with Crippen LogP contribution in [0.5, 0.6) is 5.75 Å². The van der Waals surface area contributed by atoms with E-state index in [1.165, 1.54) is 4.31 Å². The van der Waals surface area contributed by atoms with Crippen LogP contribution in [-0.2, 0) is 20.6 Å². The van der Waals surface area contributed by atoms with Crippen LogP contribution >= 0.6 is 15.9 Å². The molecule has 8 heteroatoms. The van der Waals surface area contributed by atoms with E-state index in [4.69, 9.17) is 4.74 Å². The third-order valence-electron chi connectivity index (χ3n) is 6.52. The SMILES string of the molecule is COc1cc(C)c(C(C)NC(=O)C2CCN(S(=O)(=O)Cc3cccc(Br)c3)CC2)cc1C(C)C. The number of benzene rings is 2. The zero-order valence-corrected chi connectivity index (χ0v) is 23.0. The molecule has 2 aromatic rings. The maximum absolute atomic E-state index is 13.0. The zero-order chi connectivity index (χ0) is 25.0. The highest BCUT2D eigenvalue weighted by atomic mass is 79.9. The first-order valence-corrected chi connectivity index (χ1v) is 14.1. The fraction of sp³-hybridized carbons (Fsp3) is 0.500. The average Bonchev–Trinajstić information content (AvgIpc) is 2.78. The number of aryl methyl sites for hydroxylation is 1. The predicted molar refractivity (Wildman–Crippen MR) is 139 cm³/mol. The Hall–Kier alpha value is -1.90. The number of carbonyl (C=O) groups excluding carboxylic acids is 1. The van der Waals surface area contributed by atoms with E-state index < -0.39 is 10.0 Å². The molecule has 0 saturated carbocycles. The molecule has 2 aromatic carbocycles. The number of halogens is 1. The number of nitrogens with one attached hydrogen (secondary N) is 1. The van der Waals surface area contributed by atoms with Gasteiger partial charge in [-0.1, -0.05) is 41.9 Å². The first kappa shape index (κ1) is 26.7. The lowest BCUT2D eigenvalue weighted by Gasteiger charge is -2.31. The molecule has 1 saturated heterocycles. The van der Waals surface area contributed by atoms with E-state index in [-0.39, 0.29) is 23.6 Å². The third kappa shape index (κ3) is 6.40. The maximum atomic E-state index is 13.0. The standard InChI is InChI=1S/C26H35BrN2O4S/c1-17(2)23-15-24(18(3)13-25(23)33-5)19(4)28-26(30)21-9-11-29(12-10-21)34(31,32)16-20-7-6-8-22(27)14-20/h6-8,13-15,17,19,21H,9-12,16H2,1-5H3,(H,28,30). The van der Waals surface area contributed by atoms with Gasteiger partial charge in [0.2, 0.25) is 15.9 Å². The topological polar surface area (TPSA) is 75.7 Å². The van der Waals surface area contributed by atoms with Crippen LogP contribution in [0, 0.1) is 12.8 Å². The quantitative estimate of drug-likeness (QED) is 0.483. The molecule has 1 fully saturated rings. The van der Waals surface area contributed by atoms with Gasteiger partial charge in [-0.25, -0.2) is 12.7 Å². The Morgan fingerprint density at radius 2 is 1.82 bits per heavy atom. The second-order valence-corrected chi connectivity index (χ2v) is 12.3. The summed E-state index contributed by atoms with van der Waals surface area (Å²) in [5.74, 6) is 0.933. The lowest BCUT2D eigenvalue weighted by molar-refractivity contribution is -0.126. The van der Waals surface area contributed by atoms with Gasteiger partial charge in [0.1, 0.15) is 5.75 Å². The van der Waals surface area contributed by atoms with Crippen LogP contribution in [0.15, 0.2) is 40.9 Å². The molecule has 1 aliphatic heterocycles. The molecule has 1 atom stereocenters. The van der Waals surface area contributed by atoms with Gasteiger partial charge in [-0.05, 0) is 79.1 Å². The molecule has 0 radical (unpaired) electrons. The lowest BCUT2D eigenvalue weighted by atomic mass is 9.92. The van der Waals surface area contributed by atoms with Gasteiger partial charge in [0.05, 0.1) is 18.9 Å². The summed E-state index contributed by atoms with van der Waals surface area (Å²) in [4.78, 5) is 13.0. The summed E-state index contributed by atoms with van der Waals surface area (Å²) in [5.41, 5.74) is 4.02. The Balaban J connectivity index is 1.61. The number of hydrogen-bond acceptors (Lipinski definition) is 4. The summed E-state index contributed by atoms with van der Waals surface area (Å²) >= 11 is 3.39. The average molecular weight is 552 g/mol. The number of nitrogens with zero attached hydrogens (tertiary/aromatic N) is 1. The summed E-state index contributed by atoms with van der Waals surface area (Å²) < 4.78 is 33.7. The largest absolute Gasteiger partial charge is 0.496 e. The number of hydrogen-bond donors (Lipinski definition) is 1. The van der Waals surface area contributed by atoms with E-state index in [1.54, 1.807) is 7.11 Å². The van der Waals surface area contributed by atoms with Crippen molar-refractivity contribution in [2.75, 3.05) is 20.2 Å². The van der Waals surface area contributed by atoms with Crippen LogP contribution in [0.25, 0.3) is 0 Å². The van der Waals surface area contributed by atoms with Crippen molar-refractivity contribution in [1.29, 1.82) is 0 Å². The fourth-order valence-electron chi connectivity index (χ4n) is 4.54. The van der Waals surface area contributed by atoms with Gasteiger partial charge >= 0.3 is 0 Å². The van der Waals surface area contributed by atoms with Crippen LogP contribution in [0.2, 0.25) is 0 Å². The van der Waals surface area contributed by atoms with Gasteiger partial charge in [0.25, 0.3) is 0 Å². The van der Waals surface area contributed by atoms with E-state index in [1.807, 2.05) is 44.2 Å². The molecule has 1 amide bonds. The smallest absolute Gasteiger partial charge is 0.223 e. The Morgan fingerprint density at radius 3 is 2.41 bits per heavy atom. The second-order valence-electron chi connectivity index (χ2n) is 9.40. The highest BCUT2D eigenvalue weighted by Crippen LogP contribution is 2.32. The fourth-order valence-corrected chi connectivity index (χ4v) is 6.54. The Morgan fingerprint density at radius 1 is 1.15 bits per heavy atom. The Kier molecular flexibility index (Phi) is 8.82. The van der Waals surface area contributed by atoms with Crippen molar-refractivity contribution in [3.63, 3.8) is 0 Å². The number of piperidine rings is 1. The van der Waals surface area contributed by atoms with E-state index in [2.05, 4.69) is 41.2 Å². The Labute approximate surface area is 212 Å². The second kappa shape index (κ2) is 11.2. The minimum Gasteiger partial charge on any atom is -0.496 e. The van der Waals surface area contributed by atoms with E-state index in [0.717, 1.165) is 32.5 Å². The molecular formula is C26H35BrN2O4S. The van der Waals surface area contributed by atoms with E-state index in [0.29, 0.717) is 31.8 Å². The summed E-state index contributed by atoms with van der Waals surface area (Å²) in [7, 11) is -1.75. The molecule has 186 valence electrons. The molecule has 1 N–H and O–H groups in total. The number of rotatable bonds is 8. The molecule has 1 heterocycles. The first-order chi connectivity index (χ1) is 16.0. The van der Waals surface area contributed by atoms with Crippen molar-refractivity contribution in [2.24, 2.45) is 5.92 Å². The third-order valence-corrected chi connectivity index (χ3v) is 8.87. The number of ether oxygens (including phenoxy) is 1. The maximum Gasteiger partial charge on any atom is 0.223 e. The van der Waals surface area contributed by atoms with Crippen LogP contribution < -0.4 is 10.1 Å². The minimum atomic E-state index is -3.42. The molecule has 0 aliphatic carbocycles. The molecule has 6 nitrogen and oxygen atoms in total. The van der Waals surface area contributed by atoms with Crippen LogP contribution in [0.4, 0.5) is 0 Å². The van der Waals surface area contributed by atoms with Crippen molar-refractivity contribution < 1.29 is 17.9 Å². The van der Waals surface area contributed by atoms with Crippen LogP contribution in [-0.4, -0.2) is 38.8 Å². The zero-order valence-electron chi connectivity index (χ0n) is 20.6. The van der Waals surface area contributed by atoms with Gasteiger partial charge < -0.3 is 10.1 Å². The molecule has 1 unspecified atom stereocenters. The monoisotopic (exact) mass is 550 g/mol. The van der Waals surface area contributed by atoms with Gasteiger partial charge in [-0.15, -0.1) is 0 Å². The van der Waals surface area contributed by atoms with Gasteiger partial charge in [-0.2, -0.15) is 0 Å². The summed E-state index contributed by atoms with van der Waals surface area (Å²) in [6, 6.07) is 11.4. The number of carbonyl (C=O) groups is 1. The summed E-state index contributed by atoms with van der Waals surface area (Å²) in [6.45, 7) is 8.99. The molecule has 34 heavy (non-hydrogen) atoms. The van der Waals surface area contributed by atoms with E-state index >= 15 is 0 Å². The van der Waals surface area contributed by atoms with Gasteiger partial charge in [0, 0.05) is 23.5 Å². The number of methoxy groups -OCH3 is 1. The molecule has 0 spiro atoms. The van der Waals surface area contributed by atoms with Gasteiger partial charge in [-0.3, -0.25) is 4.79 Å². The van der Waals surface area contributed by atoms with Crippen molar-refractivity contribution in [3.05, 3.63) is 63.1 Å². The van der Waals surface area contributed by atoms with Crippen LogP contribution in [0.3, 0.4) is 0 Å². The predicted octanol–water partition coefficient (Wildman–Crippen LogP) is 5.31. The number of sulfonamides is 1. The molecule has 0 aromatic heterocycles. The number of amides is 1. The highest BCUT2D eigenvalue weighted by Gasteiger charge is 2.32. The van der Waals surface area contributed by atoms with E-state index in [9.17, 15) is 13.2 Å². The lowest BCUT2D eigenvalue weighted by Crippen LogP contribution is -2.43. The van der Waals surface area contributed by atoms with Crippen LogP contribution in [0.1, 0.15) is 67.8 Å². The van der Waals surface area contributed by atoms with Crippen molar-refractivity contribution in [2.45, 2.75) is 58.2 Å². The Bertz CT molecular complexity index is 1130. The van der Waals surface area contributed by atoms with Crippen molar-refractivity contribution >= 4 is 31.9 Å². The highest BCUT2D eigenvalue weighted by molar-refractivity contribution is 9.10. The van der Waals surface area contributed by atoms with Gasteiger partial charge in [0.15, 0.2) is 0 Å². The first-order valence-electron chi connectivity index (χ1n) is 11.7. The minimum absolute atomic E-state index is 0.0159. The van der Waals surface area contributed by atoms with Crippen molar-refractivity contribution in [1.82, 2.24) is 9.62 Å². The molecule has 1 aliphatic rings. The molecule has 3 rings (SSSR count). The summed E-state index contributed by atoms with van der Waals surface area (Å²) in [6.07, 6.45) is 1.05. The molecule has 0 bridgehead atoms. The summed E-state index contributed by atoms with van der Waals surface area (Å²) in [5, 5.41) is 3.16. The molecular weight excluding hydrogens is 516 g/mol. The van der Waals surface area contributed by atoms with Crippen molar-refractivity contribution in [3.8, 4) is 5.75 Å². The normalized spacial score (nSPS) is 16.4.